The van der Waals surface area contributed by atoms with Gasteiger partial charge >= 0.3 is 0 Å². The number of hydrogen-bond donors (Lipinski definition) is 0. The smallest absolute Gasteiger partial charge is 0.164 e. The Morgan fingerprint density at radius 1 is 0.288 bits per heavy atom. The topological polar surface area (TPSA) is 51.6 Å². The van der Waals surface area contributed by atoms with Crippen LogP contribution in [0.3, 0.4) is 0 Å². The fourth-order valence-corrected chi connectivity index (χ4v) is 7.29. The molecular weight excluding hydrogens is 633 g/mol. The van der Waals surface area contributed by atoms with Gasteiger partial charge in [0.15, 0.2) is 17.5 Å². The number of pyridine rings is 1. The van der Waals surface area contributed by atoms with E-state index in [1.165, 1.54) is 10.8 Å². The number of benzene rings is 8. The Labute approximate surface area is 300 Å². The maximum absolute atomic E-state index is 5.28. The molecule has 0 saturated heterocycles. The Morgan fingerprint density at radius 3 is 1.38 bits per heavy atom. The molecule has 4 nitrogen and oxygen atoms in total. The Balaban J connectivity index is 1.23. The number of nitrogens with zero attached hydrogens (tertiary/aromatic N) is 4. The van der Waals surface area contributed by atoms with Gasteiger partial charge in [0.25, 0.3) is 0 Å². The first-order valence-electron chi connectivity index (χ1n) is 17.5. The Hall–Kier alpha value is -7.04. The molecule has 0 unspecified atom stereocenters. The molecule has 0 radical (unpaired) electrons. The highest BCUT2D eigenvalue weighted by Crippen LogP contribution is 2.40. The van der Waals surface area contributed by atoms with Crippen molar-refractivity contribution in [3.63, 3.8) is 0 Å². The van der Waals surface area contributed by atoms with E-state index in [-0.39, 0.29) is 0 Å². The van der Waals surface area contributed by atoms with Crippen LogP contribution in [0.15, 0.2) is 182 Å². The van der Waals surface area contributed by atoms with Gasteiger partial charge in [0.2, 0.25) is 0 Å². The van der Waals surface area contributed by atoms with Crippen molar-refractivity contribution < 1.29 is 0 Å². The molecule has 0 aliphatic carbocycles. The molecule has 0 aliphatic heterocycles. The first-order valence-corrected chi connectivity index (χ1v) is 17.5. The molecule has 0 amide bonds. The first kappa shape index (κ1) is 29.8. The summed E-state index contributed by atoms with van der Waals surface area (Å²) in [5, 5.41) is 7.92. The summed E-state index contributed by atoms with van der Waals surface area (Å²) in [6, 6.07) is 63.5. The second-order valence-electron chi connectivity index (χ2n) is 13.1. The maximum Gasteiger partial charge on any atom is 0.164 e. The first-order chi connectivity index (χ1) is 25.7. The third-order valence-electron chi connectivity index (χ3n) is 9.86. The average Bonchev–Trinajstić information content (AvgIpc) is 3.23. The molecule has 0 aliphatic rings. The average molecular weight is 663 g/mol. The molecule has 8 aromatic carbocycles. The quantitative estimate of drug-likeness (QED) is 0.172. The summed E-state index contributed by atoms with van der Waals surface area (Å²) in [5.74, 6) is 1.87. The minimum atomic E-state index is 0.612. The van der Waals surface area contributed by atoms with Crippen molar-refractivity contribution >= 4 is 43.2 Å². The van der Waals surface area contributed by atoms with Gasteiger partial charge in [-0.2, -0.15) is 0 Å². The summed E-state index contributed by atoms with van der Waals surface area (Å²) in [6.07, 6.45) is 0. The highest BCUT2D eigenvalue weighted by atomic mass is 15.0. The Morgan fingerprint density at radius 2 is 0.788 bits per heavy atom. The van der Waals surface area contributed by atoms with Crippen LogP contribution in [0.2, 0.25) is 0 Å². The van der Waals surface area contributed by atoms with Crippen molar-refractivity contribution in [3.05, 3.63) is 182 Å². The van der Waals surface area contributed by atoms with Crippen molar-refractivity contribution in [1.29, 1.82) is 0 Å². The van der Waals surface area contributed by atoms with E-state index in [1.54, 1.807) is 0 Å². The van der Waals surface area contributed by atoms with E-state index in [2.05, 4.69) is 176 Å². The van der Waals surface area contributed by atoms with E-state index in [0.717, 1.165) is 71.5 Å². The minimum absolute atomic E-state index is 0.612. The van der Waals surface area contributed by atoms with Crippen LogP contribution in [0.25, 0.3) is 99.8 Å². The van der Waals surface area contributed by atoms with Crippen molar-refractivity contribution in [2.24, 2.45) is 0 Å². The standard InChI is InChI=1S/C48H30N4/c1-3-14-33(15-4-1)40-20-11-21-41-44(40)42-30-39(26-27-43(42)49-45(41)34-16-5-2-6-17-34)48-51-46(37-24-22-31-12-7-9-18-35(31)28-37)50-47(52-48)38-25-23-32-13-8-10-19-36(32)29-38/h1-30H. The lowest BCUT2D eigenvalue weighted by molar-refractivity contribution is 1.08. The summed E-state index contributed by atoms with van der Waals surface area (Å²) in [7, 11) is 0. The third-order valence-corrected chi connectivity index (χ3v) is 9.86. The fourth-order valence-electron chi connectivity index (χ4n) is 7.29. The molecule has 242 valence electrons. The molecule has 0 N–H and O–H groups in total. The largest absolute Gasteiger partial charge is 0.247 e. The van der Waals surface area contributed by atoms with E-state index in [4.69, 9.17) is 19.9 Å². The number of hydrogen-bond acceptors (Lipinski definition) is 4. The van der Waals surface area contributed by atoms with Gasteiger partial charge in [0.05, 0.1) is 11.2 Å². The molecule has 2 heterocycles. The predicted molar refractivity (Wildman–Crippen MR) is 215 cm³/mol. The van der Waals surface area contributed by atoms with Crippen LogP contribution in [0, 0.1) is 0 Å². The molecule has 0 saturated carbocycles. The second kappa shape index (κ2) is 12.4. The SMILES string of the molecule is c1ccc(-c2nc3ccc(-c4nc(-c5ccc6ccccc6c5)nc(-c5ccc6ccccc6c5)n4)cc3c3c(-c4ccccc4)cccc23)cc1. The van der Waals surface area contributed by atoms with Gasteiger partial charge in [-0.1, -0.05) is 152 Å². The van der Waals surface area contributed by atoms with Gasteiger partial charge in [0, 0.05) is 38.4 Å². The van der Waals surface area contributed by atoms with E-state index in [0.29, 0.717) is 17.5 Å². The number of fused-ring (bicyclic) bond motifs is 5. The summed E-state index contributed by atoms with van der Waals surface area (Å²) in [6.45, 7) is 0. The molecule has 0 spiro atoms. The predicted octanol–water partition coefficient (Wildman–Crippen LogP) is 12.2. The molecule has 10 rings (SSSR count). The van der Waals surface area contributed by atoms with E-state index < -0.39 is 0 Å². The molecule has 0 bridgehead atoms. The van der Waals surface area contributed by atoms with Crippen LogP contribution in [-0.4, -0.2) is 19.9 Å². The van der Waals surface area contributed by atoms with Gasteiger partial charge in [-0.05, 0) is 63.0 Å². The van der Waals surface area contributed by atoms with Crippen LogP contribution < -0.4 is 0 Å². The van der Waals surface area contributed by atoms with Crippen LogP contribution >= 0.6 is 0 Å². The zero-order chi connectivity index (χ0) is 34.4. The minimum Gasteiger partial charge on any atom is -0.247 e. The zero-order valence-electron chi connectivity index (χ0n) is 28.1. The van der Waals surface area contributed by atoms with Crippen molar-refractivity contribution in [3.8, 4) is 56.5 Å². The van der Waals surface area contributed by atoms with Crippen LogP contribution in [0.4, 0.5) is 0 Å². The van der Waals surface area contributed by atoms with Gasteiger partial charge < -0.3 is 0 Å². The van der Waals surface area contributed by atoms with E-state index in [1.807, 2.05) is 6.07 Å². The fraction of sp³-hybridized carbons (Fsp3) is 0. The summed E-state index contributed by atoms with van der Waals surface area (Å²) < 4.78 is 0. The highest BCUT2D eigenvalue weighted by Gasteiger charge is 2.18. The maximum atomic E-state index is 5.28. The molecule has 0 fully saturated rings. The molecular formula is C48H30N4. The number of aromatic nitrogens is 4. The lowest BCUT2D eigenvalue weighted by Crippen LogP contribution is -2.00. The van der Waals surface area contributed by atoms with Gasteiger partial charge in [-0.25, -0.2) is 19.9 Å². The van der Waals surface area contributed by atoms with Gasteiger partial charge in [-0.15, -0.1) is 0 Å². The Kier molecular flexibility index (Phi) is 7.10. The monoisotopic (exact) mass is 662 g/mol. The van der Waals surface area contributed by atoms with Crippen molar-refractivity contribution in [2.45, 2.75) is 0 Å². The van der Waals surface area contributed by atoms with Gasteiger partial charge in [-0.3, -0.25) is 0 Å². The zero-order valence-corrected chi connectivity index (χ0v) is 28.1. The van der Waals surface area contributed by atoms with E-state index in [9.17, 15) is 0 Å². The second-order valence-corrected chi connectivity index (χ2v) is 13.1. The van der Waals surface area contributed by atoms with Gasteiger partial charge in [0.1, 0.15) is 0 Å². The van der Waals surface area contributed by atoms with Crippen molar-refractivity contribution in [1.82, 2.24) is 19.9 Å². The molecule has 10 aromatic rings. The lowest BCUT2D eigenvalue weighted by Gasteiger charge is -2.15. The van der Waals surface area contributed by atoms with Crippen LogP contribution in [-0.2, 0) is 0 Å². The molecule has 0 atom stereocenters. The molecule has 4 heteroatoms. The number of rotatable bonds is 5. The Bertz CT molecular complexity index is 2860. The van der Waals surface area contributed by atoms with Crippen LogP contribution in [0.1, 0.15) is 0 Å². The van der Waals surface area contributed by atoms with Crippen LogP contribution in [0.5, 0.6) is 0 Å². The van der Waals surface area contributed by atoms with E-state index >= 15 is 0 Å². The summed E-state index contributed by atoms with van der Waals surface area (Å²) >= 11 is 0. The highest BCUT2D eigenvalue weighted by molar-refractivity contribution is 6.17. The summed E-state index contributed by atoms with van der Waals surface area (Å²) in [5.41, 5.74) is 8.06. The van der Waals surface area contributed by atoms with Crippen molar-refractivity contribution in [2.75, 3.05) is 0 Å². The normalized spacial score (nSPS) is 11.5. The third kappa shape index (κ3) is 5.26. The summed E-state index contributed by atoms with van der Waals surface area (Å²) in [4.78, 5) is 20.7. The lowest BCUT2D eigenvalue weighted by atomic mass is 9.92. The molecule has 52 heavy (non-hydrogen) atoms. The molecule has 2 aromatic heterocycles.